The third-order valence-electron chi connectivity index (χ3n) is 0.685. The van der Waals surface area contributed by atoms with Crippen LogP contribution in [0.5, 0.6) is 0 Å². The molecule has 0 bridgehead atoms. The van der Waals surface area contributed by atoms with Gasteiger partial charge in [-0.3, -0.25) is 0 Å². The molecule has 0 aromatic carbocycles. The molecule has 2 atom stereocenters. The maximum Gasteiger partial charge on any atom is 0.211 e. The molecule has 0 aromatic heterocycles. The highest BCUT2D eigenvalue weighted by Gasteiger charge is 2.06. The van der Waals surface area contributed by atoms with E-state index >= 15 is 0 Å². The Morgan fingerprint density at radius 3 is 2.50 bits per heavy atom. The molecular formula is C5H11NO2. The van der Waals surface area contributed by atoms with Gasteiger partial charge in [0.15, 0.2) is 0 Å². The summed E-state index contributed by atoms with van der Waals surface area (Å²) in [5.41, 5.74) is 5.20. The van der Waals surface area contributed by atoms with E-state index in [1.165, 1.54) is 0 Å². The number of aliphatic hydroxyl groups is 1. The summed E-state index contributed by atoms with van der Waals surface area (Å²) in [4.78, 5) is 0. The monoisotopic (exact) mass is 117 g/mol. The van der Waals surface area contributed by atoms with Gasteiger partial charge in [-0.15, -0.1) is 0 Å². The van der Waals surface area contributed by atoms with Crippen molar-refractivity contribution >= 4 is 0 Å². The Balaban J connectivity index is 3.30. The second-order valence-corrected chi connectivity index (χ2v) is 1.55. The minimum absolute atomic E-state index is 0.368. The molecule has 0 saturated carbocycles. The SMILES string of the molecule is C=COC(O)[C@H](C)N. The van der Waals surface area contributed by atoms with E-state index < -0.39 is 6.29 Å². The molecule has 0 fully saturated rings. The Hall–Kier alpha value is -0.540. The van der Waals surface area contributed by atoms with E-state index in [0.29, 0.717) is 0 Å². The maximum absolute atomic E-state index is 8.71. The van der Waals surface area contributed by atoms with Gasteiger partial charge in [0, 0.05) is 0 Å². The van der Waals surface area contributed by atoms with Gasteiger partial charge in [0.1, 0.15) is 0 Å². The number of hydrogen-bond acceptors (Lipinski definition) is 3. The van der Waals surface area contributed by atoms with Crippen LogP contribution < -0.4 is 5.73 Å². The van der Waals surface area contributed by atoms with Crippen LogP contribution in [0.25, 0.3) is 0 Å². The first-order valence-electron chi connectivity index (χ1n) is 2.38. The van der Waals surface area contributed by atoms with Crippen molar-refractivity contribution in [1.82, 2.24) is 0 Å². The zero-order valence-corrected chi connectivity index (χ0v) is 4.87. The lowest BCUT2D eigenvalue weighted by molar-refractivity contribution is -0.0638. The van der Waals surface area contributed by atoms with E-state index in [2.05, 4.69) is 11.3 Å². The van der Waals surface area contributed by atoms with Crippen molar-refractivity contribution < 1.29 is 9.84 Å². The number of aliphatic hydroxyl groups excluding tert-OH is 1. The minimum Gasteiger partial charge on any atom is -0.472 e. The van der Waals surface area contributed by atoms with Gasteiger partial charge < -0.3 is 15.6 Å². The van der Waals surface area contributed by atoms with Crippen molar-refractivity contribution in [2.75, 3.05) is 0 Å². The zero-order chi connectivity index (χ0) is 6.57. The second kappa shape index (κ2) is 3.46. The Morgan fingerprint density at radius 1 is 1.88 bits per heavy atom. The van der Waals surface area contributed by atoms with E-state index in [0.717, 1.165) is 6.26 Å². The lowest BCUT2D eigenvalue weighted by atomic mass is 10.4. The van der Waals surface area contributed by atoms with Gasteiger partial charge in [-0.05, 0) is 6.92 Å². The van der Waals surface area contributed by atoms with E-state index in [-0.39, 0.29) is 6.04 Å². The van der Waals surface area contributed by atoms with Crippen molar-refractivity contribution in [3.8, 4) is 0 Å². The molecule has 48 valence electrons. The van der Waals surface area contributed by atoms with Gasteiger partial charge in [-0.1, -0.05) is 6.58 Å². The summed E-state index contributed by atoms with van der Waals surface area (Å²) in [7, 11) is 0. The van der Waals surface area contributed by atoms with Crippen molar-refractivity contribution in [1.29, 1.82) is 0 Å². The summed E-state index contributed by atoms with van der Waals surface area (Å²) in [6.07, 6.45) is 0.237. The van der Waals surface area contributed by atoms with Crippen molar-refractivity contribution in [3.05, 3.63) is 12.8 Å². The molecule has 1 unspecified atom stereocenters. The van der Waals surface area contributed by atoms with Gasteiger partial charge in [-0.2, -0.15) is 0 Å². The molecule has 0 aliphatic heterocycles. The molecule has 0 aliphatic rings. The summed E-state index contributed by atoms with van der Waals surface area (Å²) in [5.74, 6) is 0. The van der Waals surface area contributed by atoms with E-state index in [1.54, 1.807) is 6.92 Å². The van der Waals surface area contributed by atoms with E-state index in [4.69, 9.17) is 10.8 Å². The van der Waals surface area contributed by atoms with Gasteiger partial charge in [0.05, 0.1) is 12.3 Å². The highest BCUT2D eigenvalue weighted by molar-refractivity contribution is 4.59. The Morgan fingerprint density at radius 2 is 2.38 bits per heavy atom. The molecule has 3 heteroatoms. The largest absolute Gasteiger partial charge is 0.472 e. The van der Waals surface area contributed by atoms with E-state index in [1.807, 2.05) is 0 Å². The molecular weight excluding hydrogens is 106 g/mol. The average molecular weight is 117 g/mol. The highest BCUT2D eigenvalue weighted by atomic mass is 16.6. The van der Waals surface area contributed by atoms with Crippen LogP contribution >= 0.6 is 0 Å². The van der Waals surface area contributed by atoms with Gasteiger partial charge >= 0.3 is 0 Å². The summed E-state index contributed by atoms with van der Waals surface area (Å²) in [6, 6.07) is -0.368. The van der Waals surface area contributed by atoms with E-state index in [9.17, 15) is 0 Å². The lowest BCUT2D eigenvalue weighted by Crippen LogP contribution is -2.32. The molecule has 3 nitrogen and oxygen atoms in total. The topological polar surface area (TPSA) is 55.5 Å². The number of hydrogen-bond donors (Lipinski definition) is 2. The fourth-order valence-electron chi connectivity index (χ4n) is 0.223. The third-order valence-corrected chi connectivity index (χ3v) is 0.685. The molecule has 0 radical (unpaired) electrons. The van der Waals surface area contributed by atoms with Crippen LogP contribution in [-0.2, 0) is 4.74 Å². The molecule has 0 aliphatic carbocycles. The summed E-state index contributed by atoms with van der Waals surface area (Å²) < 4.78 is 4.50. The first kappa shape index (κ1) is 7.46. The van der Waals surface area contributed by atoms with Gasteiger partial charge in [0.25, 0.3) is 0 Å². The minimum atomic E-state index is -0.924. The van der Waals surface area contributed by atoms with Crippen LogP contribution in [-0.4, -0.2) is 17.4 Å². The summed E-state index contributed by atoms with van der Waals surface area (Å²) in [6.45, 7) is 4.89. The molecule has 0 aromatic rings. The molecule has 0 amide bonds. The number of ether oxygens (including phenoxy) is 1. The van der Waals surface area contributed by atoms with Crippen molar-refractivity contribution in [3.63, 3.8) is 0 Å². The molecule has 0 heterocycles. The number of rotatable bonds is 3. The van der Waals surface area contributed by atoms with Crippen LogP contribution in [0.3, 0.4) is 0 Å². The normalized spacial score (nSPS) is 16.9. The first-order chi connectivity index (χ1) is 3.68. The Kier molecular flexibility index (Phi) is 3.23. The predicted molar refractivity (Wildman–Crippen MR) is 30.9 cm³/mol. The average Bonchev–Trinajstić information content (AvgIpc) is 1.67. The van der Waals surface area contributed by atoms with Crippen LogP contribution in [0, 0.1) is 0 Å². The molecule has 3 N–H and O–H groups in total. The molecule has 0 rings (SSSR count). The smallest absolute Gasteiger partial charge is 0.211 e. The summed E-state index contributed by atoms with van der Waals surface area (Å²) in [5, 5.41) is 8.71. The Bertz CT molecular complexity index is 72.8. The van der Waals surface area contributed by atoms with Crippen molar-refractivity contribution in [2.45, 2.75) is 19.3 Å². The van der Waals surface area contributed by atoms with Gasteiger partial charge in [-0.25, -0.2) is 0 Å². The quantitative estimate of drug-likeness (QED) is 0.398. The van der Waals surface area contributed by atoms with Crippen LogP contribution in [0.4, 0.5) is 0 Å². The van der Waals surface area contributed by atoms with Crippen molar-refractivity contribution in [2.24, 2.45) is 5.73 Å². The van der Waals surface area contributed by atoms with Crippen LogP contribution in [0.1, 0.15) is 6.92 Å². The third kappa shape index (κ3) is 2.60. The Labute approximate surface area is 48.8 Å². The highest BCUT2D eigenvalue weighted by Crippen LogP contribution is 1.89. The zero-order valence-electron chi connectivity index (χ0n) is 4.87. The summed E-state index contributed by atoms with van der Waals surface area (Å²) >= 11 is 0. The molecule has 0 saturated heterocycles. The van der Waals surface area contributed by atoms with Gasteiger partial charge in [0.2, 0.25) is 6.29 Å². The standard InChI is InChI=1S/C5H11NO2/c1-3-8-5(7)4(2)6/h3-5,7H,1,6H2,2H3/t4-,5?/m0/s1. The molecule has 8 heavy (non-hydrogen) atoms. The number of nitrogens with two attached hydrogens (primary N) is 1. The fourth-order valence-corrected chi connectivity index (χ4v) is 0.223. The lowest BCUT2D eigenvalue weighted by Gasteiger charge is -2.12. The van der Waals surface area contributed by atoms with Crippen LogP contribution in [0.15, 0.2) is 12.8 Å². The van der Waals surface area contributed by atoms with Crippen LogP contribution in [0.2, 0.25) is 0 Å². The molecule has 0 spiro atoms. The second-order valence-electron chi connectivity index (χ2n) is 1.55. The fraction of sp³-hybridized carbons (Fsp3) is 0.600. The maximum atomic E-state index is 8.71. The predicted octanol–water partition coefficient (Wildman–Crippen LogP) is -0.188. The first-order valence-corrected chi connectivity index (χ1v) is 2.38.